The fourth-order valence-electron chi connectivity index (χ4n) is 5.81. The first-order valence-corrected chi connectivity index (χ1v) is 12.2. The van der Waals surface area contributed by atoms with E-state index < -0.39 is 23.5 Å². The van der Waals surface area contributed by atoms with Crippen LogP contribution in [0.1, 0.15) is 41.5 Å². The number of carbonyl (C=O) groups is 2. The largest absolute Gasteiger partial charge is 0.480 e. The Morgan fingerprint density at radius 3 is 2.33 bits per heavy atom. The summed E-state index contributed by atoms with van der Waals surface area (Å²) in [5.41, 5.74) is 5.56. The second-order valence-electron chi connectivity index (χ2n) is 9.20. The first kappa shape index (κ1) is 23.8. The van der Waals surface area contributed by atoms with E-state index in [-0.39, 0.29) is 6.42 Å². The third-order valence-electron chi connectivity index (χ3n) is 7.28. The third kappa shape index (κ3) is 3.95. The lowest BCUT2D eigenvalue weighted by molar-refractivity contribution is -0.153. The van der Waals surface area contributed by atoms with Gasteiger partial charge >= 0.3 is 11.9 Å². The predicted octanol–water partition coefficient (Wildman–Crippen LogP) is 5.57. The summed E-state index contributed by atoms with van der Waals surface area (Å²) < 4.78 is 4.96. The molecule has 0 fully saturated rings. The Kier molecular flexibility index (Phi) is 6.57. The Labute approximate surface area is 211 Å². The summed E-state index contributed by atoms with van der Waals surface area (Å²) >= 11 is 0. The topological polar surface area (TPSA) is 66.8 Å². The highest BCUT2D eigenvalue weighted by atomic mass is 16.5. The summed E-state index contributed by atoms with van der Waals surface area (Å²) in [5.74, 6) is -1.60. The Morgan fingerprint density at radius 2 is 1.64 bits per heavy atom. The van der Waals surface area contributed by atoms with Gasteiger partial charge < -0.3 is 9.84 Å². The number of carbonyl (C=O) groups excluding carboxylic acids is 1. The van der Waals surface area contributed by atoms with E-state index in [2.05, 4.69) is 36.4 Å². The van der Waals surface area contributed by atoms with Crippen LogP contribution in [0.5, 0.6) is 0 Å². The van der Waals surface area contributed by atoms with Crippen LogP contribution in [0.4, 0.5) is 0 Å². The Balaban J connectivity index is 1.84. The number of benzene rings is 3. The highest BCUT2D eigenvalue weighted by Crippen LogP contribution is 2.56. The van der Waals surface area contributed by atoms with Crippen molar-refractivity contribution in [2.24, 2.45) is 0 Å². The van der Waals surface area contributed by atoms with Gasteiger partial charge in [0, 0.05) is 6.54 Å². The summed E-state index contributed by atoms with van der Waals surface area (Å²) in [7, 11) is 1.30. The van der Waals surface area contributed by atoms with E-state index in [9.17, 15) is 14.7 Å². The summed E-state index contributed by atoms with van der Waals surface area (Å²) in [6.07, 6.45) is 5.76. The first-order valence-electron chi connectivity index (χ1n) is 12.2. The van der Waals surface area contributed by atoms with Crippen LogP contribution in [-0.2, 0) is 26.4 Å². The van der Waals surface area contributed by atoms with Gasteiger partial charge in [-0.05, 0) is 46.2 Å². The van der Waals surface area contributed by atoms with Gasteiger partial charge in [-0.1, -0.05) is 97.1 Å². The lowest BCUT2D eigenvalue weighted by Gasteiger charge is -2.47. The van der Waals surface area contributed by atoms with E-state index in [4.69, 9.17) is 4.74 Å². The summed E-state index contributed by atoms with van der Waals surface area (Å²) in [6, 6.07) is 27.1. The number of allylic oxidation sites excluding steroid dienone is 3. The second kappa shape index (κ2) is 9.96. The van der Waals surface area contributed by atoms with Gasteiger partial charge in [0.15, 0.2) is 0 Å². The van der Waals surface area contributed by atoms with Crippen LogP contribution in [0, 0.1) is 0 Å². The molecule has 0 radical (unpaired) electrons. The average Bonchev–Trinajstić information content (AvgIpc) is 3.22. The zero-order chi connectivity index (χ0) is 25.1. The number of nitrogens with zero attached hydrogens (tertiary/aromatic N) is 1. The molecule has 2 aliphatic rings. The zero-order valence-electron chi connectivity index (χ0n) is 20.3. The molecule has 3 aromatic carbocycles. The molecule has 5 rings (SSSR count). The van der Waals surface area contributed by atoms with E-state index in [0.717, 1.165) is 40.7 Å². The van der Waals surface area contributed by atoms with Gasteiger partial charge in [0.1, 0.15) is 6.04 Å². The molecule has 0 spiro atoms. The molecule has 0 amide bonds. The molecular formula is C31H29NO4. The van der Waals surface area contributed by atoms with Crippen molar-refractivity contribution in [3.8, 4) is 0 Å². The maximum absolute atomic E-state index is 12.9. The fraction of sp³-hybridized carbons (Fsp3) is 0.226. The Morgan fingerprint density at radius 1 is 0.972 bits per heavy atom. The monoisotopic (exact) mass is 479 g/mol. The number of ether oxygens (including phenoxy) is 1. The van der Waals surface area contributed by atoms with Gasteiger partial charge in [-0.3, -0.25) is 14.5 Å². The number of carboxylic acid groups (broad SMARTS) is 1. The molecule has 3 aromatic rings. The molecule has 36 heavy (non-hydrogen) atoms. The smallest absolute Gasteiger partial charge is 0.321 e. The molecule has 1 unspecified atom stereocenters. The highest BCUT2D eigenvalue weighted by Gasteiger charge is 2.53. The van der Waals surface area contributed by atoms with Crippen molar-refractivity contribution in [1.29, 1.82) is 0 Å². The van der Waals surface area contributed by atoms with Gasteiger partial charge in [0.25, 0.3) is 0 Å². The molecule has 2 aliphatic carbocycles. The maximum atomic E-state index is 12.9. The van der Waals surface area contributed by atoms with Crippen LogP contribution in [0.15, 0.2) is 103 Å². The van der Waals surface area contributed by atoms with Gasteiger partial charge in [0.2, 0.25) is 0 Å². The van der Waals surface area contributed by atoms with Crippen LogP contribution in [-0.4, -0.2) is 35.1 Å². The minimum atomic E-state index is -1.11. The first-order chi connectivity index (χ1) is 17.6. The number of hydrogen-bond acceptors (Lipinski definition) is 4. The van der Waals surface area contributed by atoms with Crippen molar-refractivity contribution in [2.75, 3.05) is 7.11 Å². The van der Waals surface area contributed by atoms with Gasteiger partial charge in [0.05, 0.1) is 19.1 Å². The molecule has 1 N–H and O–H groups in total. The quantitative estimate of drug-likeness (QED) is 0.428. The van der Waals surface area contributed by atoms with Crippen LogP contribution >= 0.6 is 0 Å². The molecule has 0 bridgehead atoms. The molecule has 5 heteroatoms. The lowest BCUT2D eigenvalue weighted by atomic mass is 9.74. The zero-order valence-corrected chi connectivity index (χ0v) is 20.3. The van der Waals surface area contributed by atoms with E-state index >= 15 is 0 Å². The standard InChI is InChI=1S/C31H29NO4/c1-36-29(33)20-28(30(34)35)32(21-22-12-4-2-5-13-22)31(23-14-6-3-7-15-23)26-18-10-8-16-24(26)25-17-9-11-19-27(25)31/h2-10,12-18,28H,11,19-21H2,1H3,(H,34,35)/t28-,31?/m0/s1. The summed E-state index contributed by atoms with van der Waals surface area (Å²) in [6.45, 7) is 0.346. The number of esters is 1. The number of carboxylic acids is 1. The number of methoxy groups -OCH3 is 1. The van der Waals surface area contributed by atoms with Crippen molar-refractivity contribution >= 4 is 17.5 Å². The number of aliphatic carboxylic acids is 1. The second-order valence-corrected chi connectivity index (χ2v) is 9.20. The van der Waals surface area contributed by atoms with Crippen molar-refractivity contribution in [3.63, 3.8) is 0 Å². The summed E-state index contributed by atoms with van der Waals surface area (Å²) in [4.78, 5) is 27.4. The van der Waals surface area contributed by atoms with Gasteiger partial charge in [-0.15, -0.1) is 0 Å². The molecule has 0 saturated carbocycles. The lowest BCUT2D eigenvalue weighted by Crippen LogP contribution is -2.55. The normalized spacial score (nSPS) is 19.1. The minimum Gasteiger partial charge on any atom is -0.480 e. The van der Waals surface area contributed by atoms with Crippen LogP contribution in [0.25, 0.3) is 5.57 Å². The van der Waals surface area contributed by atoms with Crippen molar-refractivity contribution in [1.82, 2.24) is 4.90 Å². The number of fused-ring (bicyclic) bond motifs is 2. The predicted molar refractivity (Wildman–Crippen MR) is 139 cm³/mol. The molecule has 0 saturated heterocycles. The Hall–Kier alpha value is -3.96. The van der Waals surface area contributed by atoms with Crippen molar-refractivity contribution in [2.45, 2.75) is 37.4 Å². The SMILES string of the molecule is COC(=O)C[C@@H](C(=O)O)N(Cc1ccccc1)C1(c2ccccc2)C2=C(C=CCC2)c2ccccc21. The van der Waals surface area contributed by atoms with E-state index in [1.807, 2.05) is 65.6 Å². The van der Waals surface area contributed by atoms with E-state index in [1.165, 1.54) is 12.7 Å². The molecule has 0 heterocycles. The van der Waals surface area contributed by atoms with Crippen LogP contribution < -0.4 is 0 Å². The van der Waals surface area contributed by atoms with E-state index in [1.54, 1.807) is 0 Å². The number of hydrogen-bond donors (Lipinski definition) is 1. The third-order valence-corrected chi connectivity index (χ3v) is 7.28. The van der Waals surface area contributed by atoms with Crippen LogP contribution in [0.3, 0.4) is 0 Å². The van der Waals surface area contributed by atoms with Crippen molar-refractivity contribution < 1.29 is 19.4 Å². The van der Waals surface area contributed by atoms with Crippen molar-refractivity contribution in [3.05, 3.63) is 125 Å². The highest BCUT2D eigenvalue weighted by molar-refractivity contribution is 5.89. The molecule has 2 atom stereocenters. The average molecular weight is 480 g/mol. The van der Waals surface area contributed by atoms with Crippen LogP contribution in [0.2, 0.25) is 0 Å². The molecule has 5 nitrogen and oxygen atoms in total. The molecule has 182 valence electrons. The van der Waals surface area contributed by atoms with Gasteiger partial charge in [-0.25, -0.2) is 0 Å². The summed E-state index contributed by atoms with van der Waals surface area (Å²) in [5, 5.41) is 10.6. The minimum absolute atomic E-state index is 0.256. The number of rotatable bonds is 8. The molecule has 0 aromatic heterocycles. The van der Waals surface area contributed by atoms with Gasteiger partial charge in [-0.2, -0.15) is 0 Å². The van der Waals surface area contributed by atoms with E-state index in [0.29, 0.717) is 6.54 Å². The Bertz CT molecular complexity index is 1330. The maximum Gasteiger partial charge on any atom is 0.321 e. The molecular weight excluding hydrogens is 450 g/mol. The molecule has 0 aliphatic heterocycles. The fourth-order valence-corrected chi connectivity index (χ4v) is 5.81.